The predicted molar refractivity (Wildman–Crippen MR) is 95.4 cm³/mol. The molecule has 1 N–H and O–H groups in total. The Morgan fingerprint density at radius 1 is 0.917 bits per heavy atom. The van der Waals surface area contributed by atoms with Gasteiger partial charge in [0.25, 0.3) is 0 Å². The lowest BCUT2D eigenvalue weighted by Crippen LogP contribution is -2.40. The first-order valence-electron chi connectivity index (χ1n) is 8.19. The van der Waals surface area contributed by atoms with Crippen LogP contribution in [0.2, 0.25) is 0 Å². The number of urea groups is 1. The topological polar surface area (TPSA) is 43.8 Å². The summed E-state index contributed by atoms with van der Waals surface area (Å²) < 4.78 is 0. The summed E-state index contributed by atoms with van der Waals surface area (Å²) >= 11 is 1.54. The molecule has 0 unspecified atom stereocenters. The summed E-state index contributed by atoms with van der Waals surface area (Å²) in [5.74, 6) is 0.787. The van der Waals surface area contributed by atoms with Gasteiger partial charge in [0.05, 0.1) is 12.1 Å². The molecule has 0 saturated carbocycles. The van der Waals surface area contributed by atoms with Crippen LogP contribution in [0.4, 0.5) is 4.79 Å². The number of aliphatic hydroxyl groups excluding tert-OH is 1. The minimum absolute atomic E-state index is 0.0251. The van der Waals surface area contributed by atoms with Crippen molar-refractivity contribution in [2.24, 2.45) is 0 Å². The Labute approximate surface area is 146 Å². The van der Waals surface area contributed by atoms with Crippen LogP contribution in [0, 0.1) is 0 Å². The molecular weight excluding hydrogens is 320 g/mol. The van der Waals surface area contributed by atoms with Gasteiger partial charge in [-0.3, -0.25) is 0 Å². The van der Waals surface area contributed by atoms with Crippen molar-refractivity contribution >= 4 is 17.8 Å². The van der Waals surface area contributed by atoms with Crippen LogP contribution in [0.15, 0.2) is 60.7 Å². The fourth-order valence-corrected chi connectivity index (χ4v) is 4.87. The molecule has 2 aromatic rings. The quantitative estimate of drug-likeness (QED) is 0.871. The van der Waals surface area contributed by atoms with Crippen molar-refractivity contribution in [2.75, 3.05) is 5.75 Å². The predicted octanol–water partition coefficient (Wildman–Crippen LogP) is 2.93. The van der Waals surface area contributed by atoms with Crippen LogP contribution in [0.1, 0.15) is 11.1 Å². The van der Waals surface area contributed by atoms with Crippen molar-refractivity contribution in [3.63, 3.8) is 0 Å². The molecular formula is C19H20N2O2S. The zero-order valence-electron chi connectivity index (χ0n) is 13.3. The van der Waals surface area contributed by atoms with Gasteiger partial charge < -0.3 is 14.9 Å². The largest absolute Gasteiger partial charge is 0.380 e. The lowest BCUT2D eigenvalue weighted by Gasteiger charge is -2.24. The van der Waals surface area contributed by atoms with E-state index in [0.29, 0.717) is 13.1 Å². The van der Waals surface area contributed by atoms with Crippen LogP contribution in [0.5, 0.6) is 0 Å². The summed E-state index contributed by atoms with van der Waals surface area (Å²) in [6.45, 7) is 1.14. The minimum atomic E-state index is -0.511. The first-order valence-corrected chi connectivity index (χ1v) is 9.23. The zero-order chi connectivity index (χ0) is 16.5. The van der Waals surface area contributed by atoms with Gasteiger partial charge in [0.2, 0.25) is 0 Å². The molecule has 4 nitrogen and oxygen atoms in total. The Hall–Kier alpha value is -1.98. The molecule has 0 spiro atoms. The van der Waals surface area contributed by atoms with Crippen molar-refractivity contribution in [1.82, 2.24) is 9.80 Å². The van der Waals surface area contributed by atoms with E-state index in [1.807, 2.05) is 70.5 Å². The van der Waals surface area contributed by atoms with E-state index < -0.39 is 5.44 Å². The monoisotopic (exact) mass is 340 g/mol. The number of amides is 2. The molecule has 2 saturated heterocycles. The van der Waals surface area contributed by atoms with Crippen molar-refractivity contribution in [2.45, 2.75) is 30.6 Å². The maximum atomic E-state index is 13.0. The van der Waals surface area contributed by atoms with Crippen LogP contribution in [0.3, 0.4) is 0 Å². The van der Waals surface area contributed by atoms with Crippen LogP contribution >= 0.6 is 11.8 Å². The van der Waals surface area contributed by atoms with Gasteiger partial charge in [0.15, 0.2) is 0 Å². The van der Waals surface area contributed by atoms with Crippen molar-refractivity contribution in [3.8, 4) is 0 Å². The molecule has 0 radical (unpaired) electrons. The van der Waals surface area contributed by atoms with Crippen molar-refractivity contribution < 1.29 is 9.90 Å². The summed E-state index contributed by atoms with van der Waals surface area (Å²) in [6, 6.07) is 20.0. The van der Waals surface area contributed by atoms with E-state index in [1.165, 1.54) is 11.8 Å². The van der Waals surface area contributed by atoms with Gasteiger partial charge in [-0.05, 0) is 11.1 Å². The van der Waals surface area contributed by atoms with E-state index in [4.69, 9.17) is 0 Å². The summed E-state index contributed by atoms with van der Waals surface area (Å²) in [7, 11) is 0. The summed E-state index contributed by atoms with van der Waals surface area (Å²) in [4.78, 5) is 16.8. The average molecular weight is 340 g/mol. The van der Waals surface area contributed by atoms with E-state index >= 15 is 0 Å². The van der Waals surface area contributed by atoms with E-state index in [1.54, 1.807) is 0 Å². The van der Waals surface area contributed by atoms with E-state index in [0.717, 1.165) is 16.9 Å². The Balaban J connectivity index is 1.59. The van der Waals surface area contributed by atoms with Crippen LogP contribution < -0.4 is 0 Å². The molecule has 0 bridgehead atoms. The summed E-state index contributed by atoms with van der Waals surface area (Å²) in [5.41, 5.74) is 1.70. The lowest BCUT2D eigenvalue weighted by molar-refractivity contribution is 0.139. The number of hydrogen-bond donors (Lipinski definition) is 1. The molecule has 24 heavy (non-hydrogen) atoms. The lowest BCUT2D eigenvalue weighted by atomic mass is 10.1. The third-order valence-electron chi connectivity index (χ3n) is 4.77. The highest BCUT2D eigenvalue weighted by Gasteiger charge is 2.52. The molecule has 124 valence electrons. The van der Waals surface area contributed by atoms with Crippen molar-refractivity contribution in [1.29, 1.82) is 0 Å². The maximum Gasteiger partial charge on any atom is 0.321 e. The molecule has 2 amide bonds. The third kappa shape index (κ3) is 2.78. The van der Waals surface area contributed by atoms with Gasteiger partial charge >= 0.3 is 6.03 Å². The molecule has 2 heterocycles. The second kappa shape index (κ2) is 6.49. The van der Waals surface area contributed by atoms with E-state index in [-0.39, 0.29) is 18.1 Å². The molecule has 2 aliphatic heterocycles. The van der Waals surface area contributed by atoms with Crippen molar-refractivity contribution in [3.05, 3.63) is 71.8 Å². The van der Waals surface area contributed by atoms with E-state index in [2.05, 4.69) is 0 Å². The number of rotatable bonds is 4. The molecule has 2 fully saturated rings. The second-order valence-electron chi connectivity index (χ2n) is 6.29. The average Bonchev–Trinajstić information content (AvgIpc) is 3.11. The second-order valence-corrected chi connectivity index (χ2v) is 7.44. The Morgan fingerprint density at radius 3 is 2.04 bits per heavy atom. The smallest absolute Gasteiger partial charge is 0.321 e. The minimum Gasteiger partial charge on any atom is -0.380 e. The number of carbonyl (C=O) groups is 1. The highest BCUT2D eigenvalue weighted by Crippen LogP contribution is 2.39. The number of carbonyl (C=O) groups excluding carboxylic acids is 1. The van der Waals surface area contributed by atoms with Gasteiger partial charge in [-0.15, -0.1) is 11.8 Å². The Bertz CT molecular complexity index is 710. The zero-order valence-corrected chi connectivity index (χ0v) is 14.1. The molecule has 3 atom stereocenters. The molecule has 5 heteroatoms. The van der Waals surface area contributed by atoms with Crippen LogP contribution in [-0.4, -0.2) is 44.2 Å². The number of thioether (sulfide) groups is 1. The third-order valence-corrected chi connectivity index (χ3v) is 5.92. The maximum absolute atomic E-state index is 13.0. The molecule has 4 rings (SSSR count). The number of hydrogen-bond acceptors (Lipinski definition) is 3. The van der Waals surface area contributed by atoms with Gasteiger partial charge in [0.1, 0.15) is 5.44 Å². The normalized spacial score (nSPS) is 26.0. The summed E-state index contributed by atoms with van der Waals surface area (Å²) in [5, 5.41) is 10.4. The number of benzene rings is 2. The fraction of sp³-hybridized carbons (Fsp3) is 0.316. The highest BCUT2D eigenvalue weighted by atomic mass is 32.2. The van der Waals surface area contributed by atoms with Gasteiger partial charge in [-0.1, -0.05) is 60.7 Å². The molecule has 2 aromatic carbocycles. The van der Waals surface area contributed by atoms with Crippen LogP contribution in [-0.2, 0) is 13.1 Å². The number of aliphatic hydroxyl groups is 1. The van der Waals surface area contributed by atoms with Gasteiger partial charge in [-0.25, -0.2) is 4.79 Å². The number of nitrogens with zero attached hydrogens (tertiary/aromatic N) is 2. The SMILES string of the molecule is O=C1N(Cc2ccccc2)[C@@H]2[C@@H](CS[C@@H]2O)N1Cc1ccccc1. The number of fused-ring (bicyclic) bond motifs is 1. The first kappa shape index (κ1) is 15.5. The Kier molecular flexibility index (Phi) is 4.21. The Morgan fingerprint density at radius 2 is 1.46 bits per heavy atom. The molecule has 0 aliphatic carbocycles. The summed E-state index contributed by atoms with van der Waals surface area (Å²) in [6.07, 6.45) is 0. The molecule has 0 aromatic heterocycles. The van der Waals surface area contributed by atoms with Crippen LogP contribution in [0.25, 0.3) is 0 Å². The van der Waals surface area contributed by atoms with Gasteiger partial charge in [-0.2, -0.15) is 0 Å². The highest BCUT2D eigenvalue weighted by molar-refractivity contribution is 8.00. The molecule has 2 aliphatic rings. The first-order chi connectivity index (χ1) is 11.7. The fourth-order valence-electron chi connectivity index (χ4n) is 3.57. The van der Waals surface area contributed by atoms with E-state index in [9.17, 15) is 9.90 Å². The standard InChI is InChI=1S/C19H20N2O2S/c22-18-17-16(13-24-18)20(11-14-7-3-1-4-8-14)19(23)21(17)12-15-9-5-2-6-10-15/h1-10,16-18,22H,11-13H2/t16-,17-,18+/m1/s1. The van der Waals surface area contributed by atoms with Gasteiger partial charge in [0, 0.05) is 18.8 Å².